The molecule has 0 heterocycles. The van der Waals surface area contributed by atoms with E-state index < -0.39 is 8.56 Å². The lowest BCUT2D eigenvalue weighted by molar-refractivity contribution is 0.152. The Kier molecular flexibility index (Phi) is 8.23. The molecule has 5 nitrogen and oxygen atoms in total. The highest BCUT2D eigenvalue weighted by molar-refractivity contribution is 6.65. The molecule has 16 heavy (non-hydrogen) atoms. The molecule has 0 atom stereocenters. The van der Waals surface area contributed by atoms with Crippen molar-refractivity contribution in [3.8, 4) is 0 Å². The Labute approximate surface area is 98.7 Å². The lowest BCUT2D eigenvalue weighted by Crippen LogP contribution is -2.36. The van der Waals surface area contributed by atoms with E-state index in [0.717, 1.165) is 18.9 Å². The van der Waals surface area contributed by atoms with E-state index in [1.54, 1.807) is 21.1 Å². The van der Waals surface area contributed by atoms with Crippen molar-refractivity contribution in [2.45, 2.75) is 32.4 Å². The van der Waals surface area contributed by atoms with E-state index in [-0.39, 0.29) is 6.09 Å². The van der Waals surface area contributed by atoms with E-state index in [1.807, 2.05) is 6.55 Å². The first-order valence-corrected chi connectivity index (χ1v) is 8.11. The molecule has 0 aromatic heterocycles. The van der Waals surface area contributed by atoms with Crippen LogP contribution >= 0.6 is 0 Å². The summed E-state index contributed by atoms with van der Waals surface area (Å²) in [7, 11) is 1.44. The highest BCUT2D eigenvalue weighted by atomic mass is 28.4. The predicted molar refractivity (Wildman–Crippen MR) is 64.7 cm³/mol. The van der Waals surface area contributed by atoms with Crippen molar-refractivity contribution in [3.05, 3.63) is 0 Å². The van der Waals surface area contributed by atoms with Gasteiger partial charge in [-0.25, -0.2) is 4.79 Å². The van der Waals surface area contributed by atoms with E-state index in [1.165, 1.54) is 0 Å². The Morgan fingerprint density at radius 2 is 1.88 bits per heavy atom. The van der Waals surface area contributed by atoms with Gasteiger partial charge in [-0.05, 0) is 32.4 Å². The lowest BCUT2D eigenvalue weighted by Gasteiger charge is -2.22. The Hall–Kier alpha value is -0.593. The quantitative estimate of drug-likeness (QED) is 0.527. The molecule has 0 aliphatic rings. The number of carbonyl (C=O) groups excluding carboxylic acids is 1. The Morgan fingerprint density at radius 3 is 2.38 bits per heavy atom. The highest BCUT2D eigenvalue weighted by Gasteiger charge is 2.27. The summed E-state index contributed by atoms with van der Waals surface area (Å²) >= 11 is 0. The number of nitrogens with one attached hydrogen (secondary N) is 1. The molecule has 0 unspecified atom stereocenters. The number of unbranched alkanes of at least 4 members (excludes halogenated alkanes) is 1. The third kappa shape index (κ3) is 6.81. The zero-order chi connectivity index (χ0) is 12.4. The number of alkyl carbamates (subject to hydrolysis) is 1. The van der Waals surface area contributed by atoms with Crippen LogP contribution in [0, 0.1) is 0 Å². The summed E-state index contributed by atoms with van der Waals surface area (Å²) in [4.78, 5) is 10.9. The molecule has 0 bridgehead atoms. The molecule has 0 spiro atoms. The smallest absolute Gasteiger partial charge is 0.407 e. The number of carbonyl (C=O) groups is 1. The third-order valence-electron chi connectivity index (χ3n) is 2.47. The molecule has 0 radical (unpaired) electrons. The molecule has 0 aromatic rings. The minimum Gasteiger partial charge on any atom is -0.450 e. The van der Waals surface area contributed by atoms with Crippen LogP contribution in [0.1, 0.15) is 19.8 Å². The summed E-state index contributed by atoms with van der Waals surface area (Å²) in [5.41, 5.74) is 0. The second-order valence-electron chi connectivity index (χ2n) is 3.65. The normalized spacial score (nSPS) is 11.2. The van der Waals surface area contributed by atoms with Crippen LogP contribution in [0.15, 0.2) is 0 Å². The summed E-state index contributed by atoms with van der Waals surface area (Å²) in [6.07, 6.45) is 1.55. The van der Waals surface area contributed by atoms with Gasteiger partial charge < -0.3 is 18.9 Å². The first-order valence-electron chi connectivity index (χ1n) is 5.59. The minimum absolute atomic E-state index is 0.346. The molecule has 0 fully saturated rings. The summed E-state index contributed by atoms with van der Waals surface area (Å²) < 4.78 is 15.5. The van der Waals surface area contributed by atoms with Gasteiger partial charge in [0.05, 0.1) is 6.61 Å². The van der Waals surface area contributed by atoms with Gasteiger partial charge >= 0.3 is 14.7 Å². The average molecular weight is 249 g/mol. The Morgan fingerprint density at radius 1 is 1.25 bits per heavy atom. The molecule has 1 amide bonds. The molecular weight excluding hydrogens is 226 g/mol. The topological polar surface area (TPSA) is 56.8 Å². The fourth-order valence-corrected chi connectivity index (χ4v) is 2.70. The molecule has 96 valence electrons. The predicted octanol–water partition coefficient (Wildman–Crippen LogP) is 1.88. The van der Waals surface area contributed by atoms with Gasteiger partial charge in [0.1, 0.15) is 0 Å². The average Bonchev–Trinajstić information content (AvgIpc) is 2.28. The van der Waals surface area contributed by atoms with Crippen molar-refractivity contribution in [2.24, 2.45) is 0 Å². The fraction of sp³-hybridized carbons (Fsp3) is 0.900. The van der Waals surface area contributed by atoms with Crippen molar-refractivity contribution in [2.75, 3.05) is 27.4 Å². The van der Waals surface area contributed by atoms with E-state index in [0.29, 0.717) is 13.2 Å². The second-order valence-corrected chi connectivity index (χ2v) is 7.23. The van der Waals surface area contributed by atoms with Gasteiger partial charge in [-0.3, -0.25) is 0 Å². The Bertz CT molecular complexity index is 197. The summed E-state index contributed by atoms with van der Waals surface area (Å²) in [5.74, 6) is 0. The molecule has 0 aromatic carbocycles. The zero-order valence-corrected chi connectivity index (χ0v) is 11.7. The van der Waals surface area contributed by atoms with Crippen molar-refractivity contribution < 1.29 is 18.4 Å². The highest BCUT2D eigenvalue weighted by Crippen LogP contribution is 2.14. The van der Waals surface area contributed by atoms with Crippen LogP contribution in [0.4, 0.5) is 4.79 Å². The first kappa shape index (κ1) is 15.4. The van der Waals surface area contributed by atoms with E-state index in [4.69, 9.17) is 13.6 Å². The molecule has 6 heteroatoms. The van der Waals surface area contributed by atoms with Crippen LogP contribution in [0.3, 0.4) is 0 Å². The van der Waals surface area contributed by atoms with Crippen LogP contribution in [-0.4, -0.2) is 42.0 Å². The van der Waals surface area contributed by atoms with Crippen LogP contribution < -0.4 is 5.32 Å². The van der Waals surface area contributed by atoms with E-state index >= 15 is 0 Å². The van der Waals surface area contributed by atoms with Gasteiger partial charge in [0.25, 0.3) is 0 Å². The number of amides is 1. The zero-order valence-electron chi connectivity index (χ0n) is 10.7. The molecule has 0 aliphatic heterocycles. The third-order valence-corrected chi connectivity index (χ3v) is 5.46. The van der Waals surface area contributed by atoms with Crippen LogP contribution in [0.25, 0.3) is 0 Å². The standard InChI is InChI=1S/C10H23NO4Si/c1-5-15-10(12)11-8-6-7-9-16(4,13-2)14-3/h5-9H2,1-4H3,(H,11,12). The second kappa shape index (κ2) is 8.55. The summed E-state index contributed by atoms with van der Waals surface area (Å²) in [6.45, 7) is 4.86. The van der Waals surface area contributed by atoms with E-state index in [2.05, 4.69) is 5.32 Å². The number of ether oxygens (including phenoxy) is 1. The fourth-order valence-electron chi connectivity index (χ4n) is 1.23. The monoisotopic (exact) mass is 249 g/mol. The maximum absolute atomic E-state index is 10.9. The number of hydrogen-bond donors (Lipinski definition) is 1. The van der Waals surface area contributed by atoms with Gasteiger partial charge in [-0.1, -0.05) is 0 Å². The summed E-state index contributed by atoms with van der Waals surface area (Å²) in [5, 5.41) is 2.68. The van der Waals surface area contributed by atoms with Crippen molar-refractivity contribution in [3.63, 3.8) is 0 Å². The molecule has 0 aliphatic carbocycles. The first-order chi connectivity index (χ1) is 7.58. The van der Waals surface area contributed by atoms with E-state index in [9.17, 15) is 4.79 Å². The number of rotatable bonds is 8. The van der Waals surface area contributed by atoms with Gasteiger partial charge in [0.15, 0.2) is 0 Å². The van der Waals surface area contributed by atoms with Crippen LogP contribution in [-0.2, 0) is 13.6 Å². The van der Waals surface area contributed by atoms with Crippen LogP contribution in [0.2, 0.25) is 12.6 Å². The van der Waals surface area contributed by atoms with Gasteiger partial charge in [-0.15, -0.1) is 0 Å². The maximum Gasteiger partial charge on any atom is 0.407 e. The maximum atomic E-state index is 10.9. The molecule has 0 saturated carbocycles. The minimum atomic E-state index is -1.93. The van der Waals surface area contributed by atoms with Gasteiger partial charge in [0.2, 0.25) is 0 Å². The largest absolute Gasteiger partial charge is 0.450 e. The van der Waals surface area contributed by atoms with Gasteiger partial charge in [-0.2, -0.15) is 0 Å². The van der Waals surface area contributed by atoms with Crippen molar-refractivity contribution in [1.82, 2.24) is 5.32 Å². The molecule has 1 N–H and O–H groups in total. The molecule has 0 saturated heterocycles. The lowest BCUT2D eigenvalue weighted by atomic mass is 10.3. The van der Waals surface area contributed by atoms with Gasteiger partial charge in [0, 0.05) is 20.8 Å². The number of hydrogen-bond acceptors (Lipinski definition) is 4. The molecule has 0 rings (SSSR count). The van der Waals surface area contributed by atoms with Crippen molar-refractivity contribution in [1.29, 1.82) is 0 Å². The summed E-state index contributed by atoms with van der Waals surface area (Å²) in [6, 6.07) is 0.935. The SMILES string of the molecule is CCOC(=O)NCCCC[Si](C)(OC)OC. The molecular formula is C10H23NO4Si. The Balaban J connectivity index is 3.49. The van der Waals surface area contributed by atoms with Crippen LogP contribution in [0.5, 0.6) is 0 Å². The van der Waals surface area contributed by atoms with Crippen molar-refractivity contribution >= 4 is 14.7 Å².